The minimum atomic E-state index is -2.92. The van der Waals surface area contributed by atoms with E-state index < -0.39 is 16.5 Å². The van der Waals surface area contributed by atoms with Gasteiger partial charge in [0.25, 0.3) is 5.91 Å². The van der Waals surface area contributed by atoms with E-state index in [0.29, 0.717) is 35.2 Å². The number of rotatable bonds is 10. The average molecular weight is 414 g/mol. The first-order valence-electron chi connectivity index (χ1n) is 8.06. The lowest BCUT2D eigenvalue weighted by Gasteiger charge is -2.32. The fraction of sp³-hybridized carbons (Fsp3) is 0.353. The van der Waals surface area contributed by atoms with Crippen LogP contribution in [-0.4, -0.2) is 52.3 Å². The summed E-state index contributed by atoms with van der Waals surface area (Å²) in [6.07, 6.45) is 2.13. The van der Waals surface area contributed by atoms with Gasteiger partial charge in [-0.1, -0.05) is 23.5 Å². The van der Waals surface area contributed by atoms with Gasteiger partial charge in [0.05, 0.1) is 16.4 Å². The molecule has 0 unspecified atom stereocenters. The van der Waals surface area contributed by atoms with Gasteiger partial charge in [-0.25, -0.2) is 4.98 Å². The first-order valence-corrected chi connectivity index (χ1v) is 10.6. The van der Waals surface area contributed by atoms with Gasteiger partial charge in [-0.15, -0.1) is 0 Å². The first-order chi connectivity index (χ1) is 12.9. The molecule has 0 spiro atoms. The molecule has 0 fully saturated rings. The Morgan fingerprint density at radius 3 is 2.59 bits per heavy atom. The number of amides is 1. The molecule has 1 aromatic carbocycles. The molecule has 0 radical (unpaired) electrons. The summed E-state index contributed by atoms with van der Waals surface area (Å²) in [4.78, 5) is 17.5. The molecule has 2 rings (SSSR count). The molecule has 1 heterocycles. The van der Waals surface area contributed by atoms with Crippen LogP contribution in [0.4, 0.5) is 5.13 Å². The number of aromatic nitrogens is 1. The lowest BCUT2D eigenvalue weighted by atomic mass is 10.1. The van der Waals surface area contributed by atoms with Crippen molar-refractivity contribution >= 4 is 38.7 Å². The standard InChI is InChI=1S/C17H23N3O5S2/c1-24-8-3-9-27(22,23)14-6-4-12(5-7-14)15(18)16(21)20-17-19-10-13(26-17)11-25-2/h4-7,10,18,22-23H,3,8-9,11H2,1-2H3,(H,19,20,21). The van der Waals surface area contributed by atoms with Gasteiger partial charge in [0, 0.05) is 38.3 Å². The van der Waals surface area contributed by atoms with Crippen LogP contribution in [0.25, 0.3) is 0 Å². The average Bonchev–Trinajstić information content (AvgIpc) is 3.08. The zero-order valence-corrected chi connectivity index (χ0v) is 16.7. The number of hydrogen-bond donors (Lipinski definition) is 4. The van der Waals surface area contributed by atoms with E-state index in [9.17, 15) is 13.9 Å². The smallest absolute Gasteiger partial charge is 0.275 e. The summed E-state index contributed by atoms with van der Waals surface area (Å²) < 4.78 is 30.4. The molecular formula is C17H23N3O5S2. The van der Waals surface area contributed by atoms with Crippen molar-refractivity contribution in [3.05, 3.63) is 40.9 Å². The van der Waals surface area contributed by atoms with E-state index in [0.717, 1.165) is 4.88 Å². The molecule has 0 aliphatic rings. The van der Waals surface area contributed by atoms with Crippen molar-refractivity contribution < 1.29 is 23.4 Å². The van der Waals surface area contributed by atoms with E-state index in [1.807, 2.05) is 0 Å². The van der Waals surface area contributed by atoms with Crippen LogP contribution in [0.5, 0.6) is 0 Å². The second kappa shape index (κ2) is 9.93. The number of nitrogens with one attached hydrogen (secondary N) is 2. The van der Waals surface area contributed by atoms with Gasteiger partial charge < -0.3 is 9.47 Å². The van der Waals surface area contributed by atoms with Crippen molar-refractivity contribution in [2.75, 3.05) is 31.9 Å². The number of hydrogen-bond acceptors (Lipinski definition) is 8. The Hall–Kier alpha value is -1.82. The summed E-state index contributed by atoms with van der Waals surface area (Å²) in [6.45, 7) is 0.852. The summed E-state index contributed by atoms with van der Waals surface area (Å²) in [7, 11) is 0.213. The third-order valence-corrected chi connectivity index (χ3v) is 6.36. The maximum atomic E-state index is 12.2. The van der Waals surface area contributed by atoms with E-state index in [2.05, 4.69) is 10.3 Å². The van der Waals surface area contributed by atoms with E-state index in [-0.39, 0.29) is 11.5 Å². The minimum Gasteiger partial charge on any atom is -0.385 e. The third kappa shape index (κ3) is 6.09. The van der Waals surface area contributed by atoms with Gasteiger partial charge >= 0.3 is 0 Å². The minimum absolute atomic E-state index is 0.200. The molecule has 0 bridgehead atoms. The molecule has 27 heavy (non-hydrogen) atoms. The molecule has 0 atom stereocenters. The molecule has 10 heteroatoms. The predicted octanol–water partition coefficient (Wildman–Crippen LogP) is 3.44. The molecule has 0 saturated carbocycles. The molecule has 0 aliphatic heterocycles. The van der Waals surface area contributed by atoms with Crippen molar-refractivity contribution in [3.8, 4) is 0 Å². The van der Waals surface area contributed by atoms with Crippen LogP contribution in [0, 0.1) is 5.41 Å². The van der Waals surface area contributed by atoms with Crippen LogP contribution in [0.3, 0.4) is 0 Å². The molecule has 0 saturated heterocycles. The monoisotopic (exact) mass is 413 g/mol. The molecule has 148 valence electrons. The van der Waals surface area contributed by atoms with Gasteiger partial charge in [0.2, 0.25) is 0 Å². The zero-order valence-electron chi connectivity index (χ0n) is 15.1. The Morgan fingerprint density at radius 1 is 1.26 bits per heavy atom. The van der Waals surface area contributed by atoms with Crippen LogP contribution in [0.15, 0.2) is 35.4 Å². The highest BCUT2D eigenvalue weighted by Gasteiger charge is 2.18. The Labute approximate surface area is 163 Å². The van der Waals surface area contributed by atoms with Crippen molar-refractivity contribution in [1.29, 1.82) is 5.41 Å². The van der Waals surface area contributed by atoms with Gasteiger partial charge in [0.15, 0.2) is 5.13 Å². The van der Waals surface area contributed by atoms with E-state index in [4.69, 9.17) is 14.9 Å². The van der Waals surface area contributed by atoms with Crippen molar-refractivity contribution in [3.63, 3.8) is 0 Å². The highest BCUT2D eigenvalue weighted by Crippen LogP contribution is 2.48. The molecule has 4 N–H and O–H groups in total. The summed E-state index contributed by atoms with van der Waals surface area (Å²) in [5, 5.41) is 11.0. The topological polar surface area (TPSA) is 125 Å². The SMILES string of the molecule is COCCCS(O)(O)c1ccc(C(=N)C(=O)Nc2ncc(COC)s2)cc1. The van der Waals surface area contributed by atoms with Gasteiger partial charge in [-0.05, 0) is 18.6 Å². The Bertz CT molecular complexity index is 777. The third-order valence-electron chi connectivity index (χ3n) is 3.59. The quantitative estimate of drug-likeness (QED) is 0.349. The molecule has 2 aromatic rings. The zero-order chi connectivity index (χ0) is 19.9. The van der Waals surface area contributed by atoms with Crippen LogP contribution >= 0.6 is 21.9 Å². The summed E-state index contributed by atoms with van der Waals surface area (Å²) >= 11 is 1.28. The number of benzene rings is 1. The first kappa shape index (κ1) is 21.5. The van der Waals surface area contributed by atoms with Crippen LogP contribution in [-0.2, 0) is 20.9 Å². The van der Waals surface area contributed by atoms with E-state index >= 15 is 0 Å². The molecular weight excluding hydrogens is 390 g/mol. The number of methoxy groups -OCH3 is 2. The predicted molar refractivity (Wildman–Crippen MR) is 107 cm³/mol. The fourth-order valence-electron chi connectivity index (χ4n) is 2.23. The maximum absolute atomic E-state index is 12.2. The summed E-state index contributed by atoms with van der Waals surface area (Å²) in [5.74, 6) is -0.390. The number of ether oxygens (including phenoxy) is 2. The summed E-state index contributed by atoms with van der Waals surface area (Å²) in [5.41, 5.74) is 0.137. The second-order valence-electron chi connectivity index (χ2n) is 5.64. The normalized spacial score (nSPS) is 12.0. The van der Waals surface area contributed by atoms with Gasteiger partial charge in [-0.3, -0.25) is 24.6 Å². The molecule has 8 nitrogen and oxygen atoms in total. The van der Waals surface area contributed by atoms with Crippen molar-refractivity contribution in [2.45, 2.75) is 17.9 Å². The van der Waals surface area contributed by atoms with Gasteiger partial charge in [0.1, 0.15) is 5.71 Å². The second-order valence-corrected chi connectivity index (χ2v) is 8.96. The lowest BCUT2D eigenvalue weighted by molar-refractivity contribution is -0.110. The van der Waals surface area contributed by atoms with Crippen LogP contribution in [0.2, 0.25) is 0 Å². The number of carbonyl (C=O) groups excluding carboxylic acids is 1. The number of thiazole rings is 1. The Kier molecular flexibility index (Phi) is 7.90. The van der Waals surface area contributed by atoms with E-state index in [1.165, 1.54) is 35.6 Å². The van der Waals surface area contributed by atoms with Crippen molar-refractivity contribution in [2.24, 2.45) is 0 Å². The highest BCUT2D eigenvalue weighted by atomic mass is 32.3. The number of nitrogens with zero attached hydrogens (tertiary/aromatic N) is 1. The largest absolute Gasteiger partial charge is 0.385 e. The van der Waals surface area contributed by atoms with Crippen molar-refractivity contribution in [1.82, 2.24) is 4.98 Å². The lowest BCUT2D eigenvalue weighted by Crippen LogP contribution is -2.22. The number of carbonyl (C=O) groups is 1. The molecule has 1 aromatic heterocycles. The molecule has 0 aliphatic carbocycles. The van der Waals surface area contributed by atoms with Gasteiger partial charge in [-0.2, -0.15) is 10.6 Å². The Balaban J connectivity index is 2.00. The highest BCUT2D eigenvalue weighted by molar-refractivity contribution is 8.24. The van der Waals surface area contributed by atoms with E-state index in [1.54, 1.807) is 20.4 Å². The molecule has 1 amide bonds. The Morgan fingerprint density at radius 2 is 1.96 bits per heavy atom. The maximum Gasteiger partial charge on any atom is 0.275 e. The van der Waals surface area contributed by atoms with Crippen LogP contribution < -0.4 is 5.32 Å². The number of anilines is 1. The fourth-order valence-corrected chi connectivity index (χ4v) is 4.33. The summed E-state index contributed by atoms with van der Waals surface area (Å²) in [6, 6.07) is 6.11. The van der Waals surface area contributed by atoms with Crippen LogP contribution in [0.1, 0.15) is 16.9 Å².